The zero-order chi connectivity index (χ0) is 16.2. The average molecular weight is 519 g/mol. The molecule has 6 heteroatoms. The maximum absolute atomic E-state index is 2.61. The molecule has 2 aliphatic heterocycles. The standard InChI is InChI=1S/C20H24S2Si.2ClH.Zr/c1-5-15-19(13-9-7-11-17(13)21-15)23(3,4)20-14-10-8-12-18(14)22-16(20)6-2;;;/h7-14H,5-6H2,1-4H3;2*1H;/q;;;+2/p-2. The second-order valence-corrected chi connectivity index (χ2v) is 13.7. The summed E-state index contributed by atoms with van der Waals surface area (Å²) in [6.45, 7) is 9.87. The molecular weight excluding hydrogens is 495 g/mol. The third-order valence-corrected chi connectivity index (χ3v) is 12.5. The molecule has 4 rings (SSSR count). The van der Waals surface area contributed by atoms with Gasteiger partial charge in [0.05, 0.1) is 0 Å². The van der Waals surface area contributed by atoms with Crippen molar-refractivity contribution in [3.63, 3.8) is 0 Å². The first-order valence-electron chi connectivity index (χ1n) is 8.67. The second kappa shape index (κ2) is 9.55. The minimum absolute atomic E-state index is 0. The van der Waals surface area contributed by atoms with Gasteiger partial charge in [0.2, 0.25) is 0 Å². The molecule has 0 bridgehead atoms. The van der Waals surface area contributed by atoms with Gasteiger partial charge in [-0.25, -0.2) is 0 Å². The third-order valence-electron chi connectivity index (χ3n) is 5.43. The van der Waals surface area contributed by atoms with Crippen LogP contribution in [-0.4, -0.2) is 8.07 Å². The van der Waals surface area contributed by atoms with Crippen LogP contribution in [0.1, 0.15) is 26.7 Å². The molecule has 2 unspecified atom stereocenters. The molecule has 0 spiro atoms. The van der Waals surface area contributed by atoms with Crippen LogP contribution >= 0.6 is 23.5 Å². The van der Waals surface area contributed by atoms with Gasteiger partial charge in [0.15, 0.2) is 0 Å². The number of thioether (sulfide) groups is 2. The zero-order valence-corrected chi connectivity index (χ0v) is 22.2. The first-order valence-corrected chi connectivity index (χ1v) is 13.3. The summed E-state index contributed by atoms with van der Waals surface area (Å²) in [5.74, 6) is 1.18. The Hall–Kier alpha value is 0.820. The minimum Gasteiger partial charge on any atom is -1.00 e. The number of halogens is 2. The quantitative estimate of drug-likeness (QED) is 0.504. The summed E-state index contributed by atoms with van der Waals surface area (Å²) in [6, 6.07) is 0. The van der Waals surface area contributed by atoms with E-state index in [9.17, 15) is 0 Å². The molecule has 0 saturated carbocycles. The number of hydrogen-bond donors (Lipinski definition) is 0. The van der Waals surface area contributed by atoms with Crippen LogP contribution in [0.25, 0.3) is 0 Å². The minimum atomic E-state index is -1.64. The Bertz CT molecular complexity index is 698. The number of allylic oxidation sites excluding steroid dienone is 12. The van der Waals surface area contributed by atoms with E-state index >= 15 is 0 Å². The van der Waals surface area contributed by atoms with Gasteiger partial charge in [-0.1, -0.05) is 97.3 Å². The number of hydrogen-bond acceptors (Lipinski definition) is 2. The van der Waals surface area contributed by atoms with Gasteiger partial charge in [-0.15, -0.1) is 0 Å². The van der Waals surface area contributed by atoms with Crippen molar-refractivity contribution in [1.29, 1.82) is 0 Å². The molecule has 2 aliphatic carbocycles. The zero-order valence-electron chi connectivity index (χ0n) is 15.6. The van der Waals surface area contributed by atoms with Gasteiger partial charge < -0.3 is 24.8 Å². The normalized spacial score (nSPS) is 25.4. The van der Waals surface area contributed by atoms with Crippen LogP contribution in [0.2, 0.25) is 13.1 Å². The second-order valence-electron chi connectivity index (χ2n) is 7.07. The summed E-state index contributed by atoms with van der Waals surface area (Å²) in [4.78, 5) is 6.46. The van der Waals surface area contributed by atoms with Gasteiger partial charge in [0.1, 0.15) is 8.07 Å². The monoisotopic (exact) mass is 516 g/mol. The summed E-state index contributed by atoms with van der Waals surface area (Å²) >= 11 is 4.12. The topological polar surface area (TPSA) is 0 Å². The van der Waals surface area contributed by atoms with E-state index in [1.807, 2.05) is 0 Å². The Kier molecular flexibility index (Phi) is 9.13. The van der Waals surface area contributed by atoms with Crippen molar-refractivity contribution >= 4 is 31.6 Å². The van der Waals surface area contributed by atoms with Crippen molar-refractivity contribution in [2.45, 2.75) is 39.8 Å². The Morgan fingerprint density at radius 3 is 1.54 bits per heavy atom. The van der Waals surface area contributed by atoms with Crippen LogP contribution in [0.15, 0.2) is 66.5 Å². The van der Waals surface area contributed by atoms with Gasteiger partial charge >= 0.3 is 26.2 Å². The molecule has 0 amide bonds. The Balaban J connectivity index is 0.00000113. The molecule has 0 radical (unpaired) electrons. The first-order chi connectivity index (χ1) is 11.1. The Labute approximate surface area is 199 Å². The van der Waals surface area contributed by atoms with Crippen LogP contribution < -0.4 is 24.8 Å². The fourth-order valence-electron chi connectivity index (χ4n) is 4.48. The van der Waals surface area contributed by atoms with E-state index in [1.165, 1.54) is 12.8 Å². The molecular formula is C20H24Cl2S2SiZr. The molecule has 0 nitrogen and oxygen atoms in total. The van der Waals surface area contributed by atoms with Gasteiger partial charge in [0.25, 0.3) is 0 Å². The molecule has 0 N–H and O–H groups in total. The predicted molar refractivity (Wildman–Crippen MR) is 109 cm³/mol. The molecule has 26 heavy (non-hydrogen) atoms. The van der Waals surface area contributed by atoms with Crippen molar-refractivity contribution in [2.75, 3.05) is 0 Å². The van der Waals surface area contributed by atoms with E-state index in [0.29, 0.717) is 11.8 Å². The van der Waals surface area contributed by atoms with Crippen molar-refractivity contribution in [3.05, 3.63) is 66.5 Å². The van der Waals surface area contributed by atoms with E-state index in [-0.39, 0.29) is 51.0 Å². The van der Waals surface area contributed by atoms with Crippen molar-refractivity contribution in [3.8, 4) is 0 Å². The SMILES string of the molecule is CCC1=C([Si](C)(C)C2=C(CC)SC3=CC=CC32)C2C=CC=C2S1.[Cl-].[Cl-].[Zr+2]. The predicted octanol–water partition coefficient (Wildman–Crippen LogP) is 0.740. The summed E-state index contributed by atoms with van der Waals surface area (Å²) in [6.07, 6.45) is 16.4. The first kappa shape index (κ1) is 24.9. The Morgan fingerprint density at radius 1 is 0.808 bits per heavy atom. The Morgan fingerprint density at radius 2 is 1.19 bits per heavy atom. The van der Waals surface area contributed by atoms with Gasteiger partial charge in [-0.3, -0.25) is 0 Å². The molecule has 0 aromatic carbocycles. The van der Waals surface area contributed by atoms with Crippen molar-refractivity contribution in [1.82, 2.24) is 0 Å². The van der Waals surface area contributed by atoms with Crippen molar-refractivity contribution < 1.29 is 51.0 Å². The maximum Gasteiger partial charge on any atom is 2.00 e. The van der Waals surface area contributed by atoms with E-state index in [2.05, 4.69) is 86.9 Å². The molecule has 2 atom stereocenters. The molecule has 138 valence electrons. The molecule has 0 fully saturated rings. The van der Waals surface area contributed by atoms with Crippen LogP contribution in [0.4, 0.5) is 0 Å². The molecule has 0 aromatic rings. The largest absolute Gasteiger partial charge is 2.00 e. The molecule has 4 aliphatic rings. The summed E-state index contributed by atoms with van der Waals surface area (Å²) < 4.78 is 0. The van der Waals surface area contributed by atoms with E-state index in [4.69, 9.17) is 0 Å². The van der Waals surface area contributed by atoms with Crippen LogP contribution in [-0.2, 0) is 26.2 Å². The molecule has 2 heterocycles. The average Bonchev–Trinajstić information content (AvgIpc) is 3.24. The van der Waals surface area contributed by atoms with E-state index in [1.54, 1.807) is 30.0 Å². The number of rotatable bonds is 4. The maximum atomic E-state index is 2.61. The van der Waals surface area contributed by atoms with Crippen molar-refractivity contribution in [2.24, 2.45) is 11.8 Å². The van der Waals surface area contributed by atoms with E-state index in [0.717, 1.165) is 0 Å². The fraction of sp³-hybridized carbons (Fsp3) is 0.400. The summed E-state index contributed by atoms with van der Waals surface area (Å²) in [7, 11) is -1.64. The number of fused-ring (bicyclic) bond motifs is 2. The summed E-state index contributed by atoms with van der Waals surface area (Å²) in [5, 5.41) is 3.60. The van der Waals surface area contributed by atoms with Gasteiger partial charge in [-0.05, 0) is 22.7 Å². The van der Waals surface area contributed by atoms with Crippen LogP contribution in [0.3, 0.4) is 0 Å². The summed E-state index contributed by atoms with van der Waals surface area (Å²) in [5.41, 5.74) is 0. The third kappa shape index (κ3) is 3.81. The molecule has 0 saturated heterocycles. The van der Waals surface area contributed by atoms with Crippen LogP contribution in [0.5, 0.6) is 0 Å². The van der Waals surface area contributed by atoms with Gasteiger partial charge in [-0.2, -0.15) is 0 Å². The molecule has 0 aromatic heterocycles. The fourth-order valence-corrected chi connectivity index (χ4v) is 12.9. The smallest absolute Gasteiger partial charge is 1.00 e. The van der Waals surface area contributed by atoms with E-state index < -0.39 is 8.07 Å². The van der Waals surface area contributed by atoms with Crippen LogP contribution in [0, 0.1) is 11.8 Å². The van der Waals surface area contributed by atoms with Gasteiger partial charge in [0, 0.05) is 21.6 Å².